The molecule has 0 heterocycles. The van der Waals surface area contributed by atoms with Gasteiger partial charge in [-0.25, -0.2) is 17.9 Å². The van der Waals surface area contributed by atoms with Gasteiger partial charge in [0.25, 0.3) is 0 Å². The van der Waals surface area contributed by atoms with Crippen LogP contribution in [0.2, 0.25) is 5.02 Å². The lowest BCUT2D eigenvalue weighted by Gasteiger charge is -2.15. The zero-order valence-electron chi connectivity index (χ0n) is 18.2. The Labute approximate surface area is 198 Å². The Hall–Kier alpha value is -2.65. The molecule has 0 amide bonds. The summed E-state index contributed by atoms with van der Waals surface area (Å²) < 4.78 is 48.0. The molecule has 0 aliphatic heterocycles. The van der Waals surface area contributed by atoms with Crippen LogP contribution < -0.4 is 19.9 Å². The van der Waals surface area contributed by atoms with E-state index in [1.54, 1.807) is 36.4 Å². The van der Waals surface area contributed by atoms with Crippen molar-refractivity contribution in [2.45, 2.75) is 31.4 Å². The molecule has 0 unspecified atom stereocenters. The van der Waals surface area contributed by atoms with Crippen molar-refractivity contribution in [2.75, 3.05) is 13.2 Å². The summed E-state index contributed by atoms with van der Waals surface area (Å²) in [4.78, 5) is 0.0896. The highest BCUT2D eigenvalue weighted by atomic mass is 35.5. The zero-order chi connectivity index (χ0) is 23.8. The maximum atomic E-state index is 13.9. The van der Waals surface area contributed by atoms with Gasteiger partial charge in [-0.1, -0.05) is 41.9 Å². The topological polar surface area (TPSA) is 90.6 Å². The van der Waals surface area contributed by atoms with Crippen LogP contribution >= 0.6 is 11.6 Å². The van der Waals surface area contributed by atoms with Crippen LogP contribution in [-0.2, 0) is 29.6 Å². The first-order valence-corrected chi connectivity index (χ1v) is 12.3. The first-order valence-electron chi connectivity index (χ1n) is 10.4. The number of benzene rings is 3. The van der Waals surface area contributed by atoms with E-state index in [0.29, 0.717) is 48.2 Å². The van der Waals surface area contributed by atoms with Crippen LogP contribution in [0, 0.1) is 5.82 Å². The predicted octanol–water partition coefficient (Wildman–Crippen LogP) is 4.44. The Morgan fingerprint density at radius 3 is 2.36 bits per heavy atom. The van der Waals surface area contributed by atoms with E-state index < -0.39 is 10.0 Å². The number of rotatable bonds is 11. The Morgan fingerprint density at radius 1 is 1.00 bits per heavy atom. The number of nitrogens with one attached hydrogen (secondary N) is 1. The van der Waals surface area contributed by atoms with E-state index in [2.05, 4.69) is 5.32 Å². The van der Waals surface area contributed by atoms with Gasteiger partial charge in [-0.15, -0.1) is 0 Å². The van der Waals surface area contributed by atoms with E-state index in [-0.39, 0.29) is 17.3 Å². The van der Waals surface area contributed by atoms with E-state index in [0.717, 1.165) is 11.1 Å². The van der Waals surface area contributed by atoms with E-state index in [1.165, 1.54) is 18.2 Å². The highest BCUT2D eigenvalue weighted by Crippen LogP contribution is 2.34. The van der Waals surface area contributed by atoms with E-state index in [4.69, 9.17) is 26.2 Å². The monoisotopic (exact) mass is 492 g/mol. The Bertz CT molecular complexity index is 1190. The third-order valence-corrected chi connectivity index (χ3v) is 6.19. The average Bonchev–Trinajstić information content (AvgIpc) is 2.78. The summed E-state index contributed by atoms with van der Waals surface area (Å²) >= 11 is 6.45. The molecule has 6 nitrogen and oxygen atoms in total. The molecule has 3 aromatic rings. The third kappa shape index (κ3) is 7.17. The van der Waals surface area contributed by atoms with Crippen LogP contribution in [0.15, 0.2) is 65.6 Å². The molecule has 0 saturated carbocycles. The minimum Gasteiger partial charge on any atom is -0.490 e. The van der Waals surface area contributed by atoms with Crippen molar-refractivity contribution in [3.8, 4) is 11.5 Å². The standard InChI is InChI=1S/C24H26ClFN2O4S/c1-2-31-23-13-19(15-28-12-11-17-7-9-20(10-8-17)33(27,29)30)21(25)14-24(23)32-16-18-5-3-4-6-22(18)26/h3-10,13-14,28H,2,11-12,15-16H2,1H3,(H2,27,29,30). The number of ether oxygens (including phenoxy) is 2. The Balaban J connectivity index is 1.60. The third-order valence-electron chi connectivity index (χ3n) is 4.91. The number of sulfonamides is 1. The first-order chi connectivity index (χ1) is 15.8. The lowest BCUT2D eigenvalue weighted by Crippen LogP contribution is -2.17. The fourth-order valence-corrected chi connectivity index (χ4v) is 3.90. The van der Waals surface area contributed by atoms with E-state index in [1.807, 2.05) is 13.0 Å². The minimum absolute atomic E-state index is 0.0604. The lowest BCUT2D eigenvalue weighted by atomic mass is 10.1. The van der Waals surface area contributed by atoms with Crippen molar-refractivity contribution in [2.24, 2.45) is 5.14 Å². The van der Waals surface area contributed by atoms with Crippen LogP contribution in [0.1, 0.15) is 23.6 Å². The normalized spacial score (nSPS) is 11.4. The first kappa shape index (κ1) is 25.0. The van der Waals surface area contributed by atoms with Crippen molar-refractivity contribution >= 4 is 21.6 Å². The summed E-state index contributed by atoms with van der Waals surface area (Å²) in [6.07, 6.45) is 0.699. The van der Waals surface area contributed by atoms with Crippen molar-refractivity contribution in [1.29, 1.82) is 0 Å². The van der Waals surface area contributed by atoms with Crippen LogP contribution in [0.25, 0.3) is 0 Å². The molecular weight excluding hydrogens is 467 g/mol. The van der Waals surface area contributed by atoms with Gasteiger partial charge in [0.1, 0.15) is 12.4 Å². The summed E-state index contributed by atoms with van der Waals surface area (Å²) in [5.41, 5.74) is 2.26. The van der Waals surface area contributed by atoms with Crippen LogP contribution in [0.5, 0.6) is 11.5 Å². The SMILES string of the molecule is CCOc1cc(CNCCc2ccc(S(N)(=O)=O)cc2)c(Cl)cc1OCc1ccccc1F. The van der Waals surface area contributed by atoms with E-state index in [9.17, 15) is 12.8 Å². The second-order valence-corrected chi connectivity index (χ2v) is 9.29. The second-order valence-electron chi connectivity index (χ2n) is 7.32. The number of hydrogen-bond donors (Lipinski definition) is 2. The molecule has 0 radical (unpaired) electrons. The molecule has 0 aliphatic carbocycles. The van der Waals surface area contributed by atoms with Gasteiger partial charge >= 0.3 is 0 Å². The van der Waals surface area contributed by atoms with Crippen LogP contribution in [0.4, 0.5) is 4.39 Å². The molecule has 33 heavy (non-hydrogen) atoms. The number of halogens is 2. The molecule has 0 bridgehead atoms. The summed E-state index contributed by atoms with van der Waals surface area (Å²) in [5.74, 6) is 0.652. The number of primary sulfonamides is 1. The van der Waals surface area contributed by atoms with Gasteiger partial charge in [-0.2, -0.15) is 0 Å². The van der Waals surface area contributed by atoms with Gasteiger partial charge in [0.15, 0.2) is 11.5 Å². The Kier molecular flexibility index (Phi) is 8.68. The van der Waals surface area contributed by atoms with Gasteiger partial charge in [-0.3, -0.25) is 0 Å². The molecular formula is C24H26ClFN2O4S. The van der Waals surface area contributed by atoms with Crippen LogP contribution in [-0.4, -0.2) is 21.6 Å². The van der Waals surface area contributed by atoms with Crippen molar-refractivity contribution < 1.29 is 22.3 Å². The molecule has 0 aromatic heterocycles. The molecule has 0 saturated heterocycles. The Morgan fingerprint density at radius 2 is 1.70 bits per heavy atom. The fraction of sp³-hybridized carbons (Fsp3) is 0.250. The smallest absolute Gasteiger partial charge is 0.238 e. The lowest BCUT2D eigenvalue weighted by molar-refractivity contribution is 0.265. The molecule has 0 fully saturated rings. The number of hydrogen-bond acceptors (Lipinski definition) is 5. The summed E-state index contributed by atoms with van der Waals surface area (Å²) in [5, 5.41) is 8.94. The van der Waals surface area contributed by atoms with E-state index >= 15 is 0 Å². The van der Waals surface area contributed by atoms with Gasteiger partial charge in [0, 0.05) is 23.2 Å². The summed E-state index contributed by atoms with van der Waals surface area (Å²) in [6, 6.07) is 16.4. The van der Waals surface area contributed by atoms with Gasteiger partial charge in [-0.05, 0) is 55.3 Å². The molecule has 0 aliphatic rings. The average molecular weight is 493 g/mol. The molecule has 0 spiro atoms. The molecule has 3 rings (SSSR count). The fourth-order valence-electron chi connectivity index (χ4n) is 3.17. The summed E-state index contributed by atoms with van der Waals surface area (Å²) in [7, 11) is -3.69. The maximum Gasteiger partial charge on any atom is 0.238 e. The summed E-state index contributed by atoms with van der Waals surface area (Å²) in [6.45, 7) is 3.53. The van der Waals surface area contributed by atoms with Gasteiger partial charge < -0.3 is 14.8 Å². The molecule has 3 aromatic carbocycles. The minimum atomic E-state index is -3.69. The van der Waals surface area contributed by atoms with Gasteiger partial charge in [0.05, 0.1) is 11.5 Å². The number of nitrogens with two attached hydrogens (primary N) is 1. The molecule has 9 heteroatoms. The van der Waals surface area contributed by atoms with Crippen LogP contribution in [0.3, 0.4) is 0 Å². The molecule has 0 atom stereocenters. The second kappa shape index (κ2) is 11.5. The van der Waals surface area contributed by atoms with Gasteiger partial charge in [0.2, 0.25) is 10.0 Å². The quantitative estimate of drug-likeness (QED) is 0.386. The zero-order valence-corrected chi connectivity index (χ0v) is 19.8. The maximum absolute atomic E-state index is 13.9. The highest BCUT2D eigenvalue weighted by molar-refractivity contribution is 7.89. The van der Waals surface area contributed by atoms with Crippen molar-refractivity contribution in [3.63, 3.8) is 0 Å². The largest absolute Gasteiger partial charge is 0.490 e. The highest BCUT2D eigenvalue weighted by Gasteiger charge is 2.13. The molecule has 3 N–H and O–H groups in total. The predicted molar refractivity (Wildman–Crippen MR) is 127 cm³/mol. The van der Waals surface area contributed by atoms with Crippen molar-refractivity contribution in [1.82, 2.24) is 5.32 Å². The molecule has 176 valence electrons. The van der Waals surface area contributed by atoms with Crippen molar-refractivity contribution in [3.05, 3.63) is 88.2 Å².